The van der Waals surface area contributed by atoms with Gasteiger partial charge in [-0.05, 0) is 18.1 Å². The first-order chi connectivity index (χ1) is 12.1. The number of aromatic nitrogens is 2. The predicted molar refractivity (Wildman–Crippen MR) is 98.3 cm³/mol. The number of phenolic OH excluding ortho intramolecular Hbond substituents is 1. The molecule has 0 aliphatic carbocycles. The van der Waals surface area contributed by atoms with Crippen LogP contribution in [0.5, 0.6) is 11.5 Å². The first kappa shape index (κ1) is 16.9. The maximum absolute atomic E-state index is 12.8. The molecule has 3 aromatic rings. The molecule has 1 aromatic heterocycles. The number of hydrogen-bond donors (Lipinski definition) is 2. The number of aromatic amines is 1. The summed E-state index contributed by atoms with van der Waals surface area (Å²) in [5, 5.41) is 13.7. The number of H-pyrrole nitrogens is 1. The number of para-hydroxylation sites is 1. The highest BCUT2D eigenvalue weighted by molar-refractivity contribution is 5.65. The van der Waals surface area contributed by atoms with Gasteiger partial charge in [-0.3, -0.25) is 14.6 Å². The third kappa shape index (κ3) is 2.93. The van der Waals surface area contributed by atoms with Gasteiger partial charge in [0, 0.05) is 18.5 Å². The summed E-state index contributed by atoms with van der Waals surface area (Å²) < 4.78 is 6.71. The zero-order valence-corrected chi connectivity index (χ0v) is 14.6. The molecule has 130 valence electrons. The van der Waals surface area contributed by atoms with Gasteiger partial charge in [-0.15, -0.1) is 0 Å². The van der Waals surface area contributed by atoms with Gasteiger partial charge in [0.25, 0.3) is 5.56 Å². The van der Waals surface area contributed by atoms with Gasteiger partial charge in [0.2, 0.25) is 0 Å². The first-order valence-corrected chi connectivity index (χ1v) is 8.28. The molecule has 0 unspecified atom stereocenters. The van der Waals surface area contributed by atoms with Crippen molar-refractivity contribution >= 4 is 0 Å². The Morgan fingerprint density at radius 3 is 2.52 bits per heavy atom. The number of benzene rings is 2. The highest BCUT2D eigenvalue weighted by Crippen LogP contribution is 2.40. The van der Waals surface area contributed by atoms with Crippen LogP contribution < -0.4 is 10.3 Å². The molecule has 0 spiro atoms. The van der Waals surface area contributed by atoms with Crippen LogP contribution in [0, 0.1) is 0 Å². The Morgan fingerprint density at radius 2 is 1.88 bits per heavy atom. The Bertz CT molecular complexity index is 926. The van der Waals surface area contributed by atoms with Crippen LogP contribution in [0.4, 0.5) is 0 Å². The fraction of sp³-hybridized carbons (Fsp3) is 0.250. The van der Waals surface area contributed by atoms with E-state index in [1.807, 2.05) is 49.4 Å². The second-order valence-corrected chi connectivity index (χ2v) is 5.99. The molecule has 2 N–H and O–H groups in total. The van der Waals surface area contributed by atoms with E-state index in [4.69, 9.17) is 4.74 Å². The lowest BCUT2D eigenvalue weighted by atomic mass is 9.87. The van der Waals surface area contributed by atoms with Crippen LogP contribution in [0.1, 0.15) is 30.4 Å². The summed E-state index contributed by atoms with van der Waals surface area (Å²) in [6, 6.07) is 15.1. The van der Waals surface area contributed by atoms with Crippen LogP contribution >= 0.6 is 0 Å². The number of hydrogen-bond acceptors (Lipinski definition) is 3. The Morgan fingerprint density at radius 1 is 1.16 bits per heavy atom. The summed E-state index contributed by atoms with van der Waals surface area (Å²) in [4.78, 5) is 12.8. The van der Waals surface area contributed by atoms with Gasteiger partial charge in [0.1, 0.15) is 0 Å². The standard InChI is InChI=1S/C20H22N2O3/c1-4-14(15-11-8-12-16(25-3)19(15)23)17-18(21-22(2)20(17)24)13-9-6-5-7-10-13/h5-12,14,21,23H,4H2,1-3H3/t14-/m0/s1. The first-order valence-electron chi connectivity index (χ1n) is 8.28. The molecule has 0 aliphatic rings. The van der Waals surface area contributed by atoms with E-state index >= 15 is 0 Å². The van der Waals surface area contributed by atoms with Gasteiger partial charge in [-0.2, -0.15) is 0 Å². The number of nitrogens with zero attached hydrogens (tertiary/aromatic N) is 1. The summed E-state index contributed by atoms with van der Waals surface area (Å²) in [6.45, 7) is 2.00. The lowest BCUT2D eigenvalue weighted by molar-refractivity contribution is 0.369. The maximum atomic E-state index is 12.8. The summed E-state index contributed by atoms with van der Waals surface area (Å²) in [7, 11) is 3.22. The highest BCUT2D eigenvalue weighted by Gasteiger charge is 2.26. The minimum absolute atomic E-state index is 0.0825. The van der Waals surface area contributed by atoms with Gasteiger partial charge in [0.05, 0.1) is 18.4 Å². The van der Waals surface area contributed by atoms with Gasteiger partial charge >= 0.3 is 0 Å². The fourth-order valence-electron chi connectivity index (χ4n) is 3.28. The van der Waals surface area contributed by atoms with E-state index in [1.165, 1.54) is 11.8 Å². The van der Waals surface area contributed by atoms with Crippen molar-refractivity contribution in [3.8, 4) is 22.8 Å². The van der Waals surface area contributed by atoms with Crippen molar-refractivity contribution in [2.75, 3.05) is 7.11 Å². The number of aromatic hydroxyl groups is 1. The van der Waals surface area contributed by atoms with Crippen LogP contribution in [0.2, 0.25) is 0 Å². The van der Waals surface area contributed by atoms with Crippen LogP contribution in [0.3, 0.4) is 0 Å². The SMILES string of the molecule is CC[C@@H](c1cccc(OC)c1O)c1c(-c2ccccc2)[nH]n(C)c1=O. The maximum Gasteiger partial charge on any atom is 0.270 e. The van der Waals surface area contributed by atoms with Crippen LogP contribution in [0.15, 0.2) is 53.3 Å². The topological polar surface area (TPSA) is 67.2 Å². The molecule has 1 atom stereocenters. The van der Waals surface area contributed by atoms with Gasteiger partial charge in [0.15, 0.2) is 11.5 Å². The van der Waals surface area contributed by atoms with Crippen molar-refractivity contribution in [1.29, 1.82) is 0 Å². The Labute approximate surface area is 146 Å². The molecule has 0 amide bonds. The van der Waals surface area contributed by atoms with Crippen LogP contribution in [-0.4, -0.2) is 22.0 Å². The third-order valence-electron chi connectivity index (χ3n) is 4.53. The molecule has 25 heavy (non-hydrogen) atoms. The van der Waals surface area contributed by atoms with Crippen molar-refractivity contribution in [2.24, 2.45) is 7.05 Å². The Balaban J connectivity index is 2.23. The molecule has 1 heterocycles. The molecular formula is C20H22N2O3. The number of rotatable bonds is 5. The molecule has 5 nitrogen and oxygen atoms in total. The zero-order valence-electron chi connectivity index (χ0n) is 14.6. The summed E-state index contributed by atoms with van der Waals surface area (Å²) >= 11 is 0. The largest absolute Gasteiger partial charge is 0.504 e. The molecule has 0 bridgehead atoms. The molecule has 3 rings (SSSR count). The molecule has 0 fully saturated rings. The second kappa shape index (κ2) is 6.89. The fourth-order valence-corrected chi connectivity index (χ4v) is 3.28. The highest BCUT2D eigenvalue weighted by atomic mass is 16.5. The number of ether oxygens (including phenoxy) is 1. The molecule has 0 saturated carbocycles. The summed E-state index contributed by atoms with van der Waals surface area (Å²) in [5.74, 6) is 0.249. The molecular weight excluding hydrogens is 316 g/mol. The monoisotopic (exact) mass is 338 g/mol. The minimum atomic E-state index is -0.241. The number of methoxy groups -OCH3 is 1. The van der Waals surface area contributed by atoms with Crippen LogP contribution in [0.25, 0.3) is 11.3 Å². The smallest absolute Gasteiger partial charge is 0.270 e. The normalized spacial score (nSPS) is 12.1. The lowest BCUT2D eigenvalue weighted by Crippen LogP contribution is -2.18. The Hall–Kier alpha value is -2.95. The summed E-state index contributed by atoms with van der Waals surface area (Å²) in [6.07, 6.45) is 0.674. The number of aryl methyl sites for hydroxylation is 1. The van der Waals surface area contributed by atoms with E-state index in [1.54, 1.807) is 13.1 Å². The van der Waals surface area contributed by atoms with Gasteiger partial charge < -0.3 is 9.84 Å². The molecule has 0 aliphatic heterocycles. The average molecular weight is 338 g/mol. The van der Waals surface area contributed by atoms with E-state index in [2.05, 4.69) is 5.10 Å². The van der Waals surface area contributed by atoms with E-state index in [9.17, 15) is 9.90 Å². The van der Waals surface area contributed by atoms with Crippen molar-refractivity contribution in [3.05, 3.63) is 70.0 Å². The molecule has 0 saturated heterocycles. The number of phenols is 1. The average Bonchev–Trinajstić information content (AvgIpc) is 2.93. The van der Waals surface area contributed by atoms with Crippen molar-refractivity contribution in [2.45, 2.75) is 19.3 Å². The van der Waals surface area contributed by atoms with Gasteiger partial charge in [-0.1, -0.05) is 49.4 Å². The predicted octanol–water partition coefficient (Wildman–Crippen LogP) is 3.64. The van der Waals surface area contributed by atoms with E-state index in [0.717, 1.165) is 11.3 Å². The third-order valence-corrected chi connectivity index (χ3v) is 4.53. The quantitative estimate of drug-likeness (QED) is 0.746. The van der Waals surface area contributed by atoms with Crippen molar-refractivity contribution in [3.63, 3.8) is 0 Å². The van der Waals surface area contributed by atoms with Crippen LogP contribution in [-0.2, 0) is 7.05 Å². The molecule has 0 radical (unpaired) electrons. The second-order valence-electron chi connectivity index (χ2n) is 5.99. The molecule has 5 heteroatoms. The van der Waals surface area contributed by atoms with Crippen molar-refractivity contribution < 1.29 is 9.84 Å². The Kier molecular flexibility index (Phi) is 4.65. The zero-order chi connectivity index (χ0) is 18.0. The van der Waals surface area contributed by atoms with Crippen molar-refractivity contribution in [1.82, 2.24) is 9.78 Å². The van der Waals surface area contributed by atoms with Gasteiger partial charge in [-0.25, -0.2) is 0 Å². The minimum Gasteiger partial charge on any atom is -0.504 e. The van der Waals surface area contributed by atoms with E-state index in [-0.39, 0.29) is 17.2 Å². The lowest BCUT2D eigenvalue weighted by Gasteiger charge is -2.18. The molecule has 2 aromatic carbocycles. The summed E-state index contributed by atoms with van der Waals surface area (Å²) in [5.41, 5.74) is 2.97. The van der Waals surface area contributed by atoms with E-state index < -0.39 is 0 Å². The number of nitrogens with one attached hydrogen (secondary N) is 1. The van der Waals surface area contributed by atoms with E-state index in [0.29, 0.717) is 23.3 Å².